The van der Waals surface area contributed by atoms with E-state index in [0.717, 1.165) is 0 Å². The Balaban J connectivity index is 2.39. The summed E-state index contributed by atoms with van der Waals surface area (Å²) >= 11 is 0. The number of benzene rings is 1. The van der Waals surface area contributed by atoms with Gasteiger partial charge in [-0.3, -0.25) is 14.9 Å². The molecule has 0 aliphatic heterocycles. The van der Waals surface area contributed by atoms with Gasteiger partial charge in [0.05, 0.1) is 23.9 Å². The average Bonchev–Trinajstić information content (AvgIpc) is 2.75. The minimum atomic E-state index is -0.465. The van der Waals surface area contributed by atoms with Gasteiger partial charge in [-0.2, -0.15) is 0 Å². The maximum atomic E-state index is 11.6. The van der Waals surface area contributed by atoms with Crippen molar-refractivity contribution in [1.82, 2.24) is 10.2 Å². The number of hydrogen-bond donors (Lipinski definition) is 2. The molecule has 0 saturated carbocycles. The van der Waals surface area contributed by atoms with Gasteiger partial charge in [0, 0.05) is 11.9 Å². The predicted molar refractivity (Wildman–Crippen MR) is 71.2 cm³/mol. The quantitative estimate of drug-likeness (QED) is 0.647. The number of carbonyl (C=O) groups excluding carboxylic acids is 1. The molecule has 0 saturated heterocycles. The third kappa shape index (κ3) is 2.62. The molecule has 0 radical (unpaired) electrons. The Kier molecular flexibility index (Phi) is 3.61. The molecule has 0 amide bonds. The minimum absolute atomic E-state index is 0.253. The van der Waals surface area contributed by atoms with Gasteiger partial charge in [0.15, 0.2) is 0 Å². The number of aromatic amines is 2. The highest BCUT2D eigenvalue weighted by molar-refractivity contribution is 5.96. The summed E-state index contributed by atoms with van der Waals surface area (Å²) in [4.78, 5) is 27.2. The van der Waals surface area contributed by atoms with Gasteiger partial charge < -0.3 is 9.84 Å². The Morgan fingerprint density at radius 3 is 2.68 bits per heavy atom. The fourth-order valence-corrected chi connectivity index (χ4v) is 1.61. The van der Waals surface area contributed by atoms with Gasteiger partial charge in [-0.1, -0.05) is 12.1 Å². The first-order valence-electron chi connectivity index (χ1n) is 5.62. The molecule has 0 spiro atoms. The van der Waals surface area contributed by atoms with Crippen molar-refractivity contribution in [1.29, 1.82) is 0 Å². The zero-order valence-electron chi connectivity index (χ0n) is 10.6. The number of H-pyrrole nitrogens is 2. The minimum Gasteiger partial charge on any atom is -0.465 e. The van der Waals surface area contributed by atoms with E-state index in [1.807, 2.05) is 0 Å². The second kappa shape index (κ2) is 5.34. The van der Waals surface area contributed by atoms with Crippen LogP contribution in [0.3, 0.4) is 0 Å². The Morgan fingerprint density at radius 2 is 2.05 bits per heavy atom. The predicted octanol–water partition coefficient (Wildman–Crippen LogP) is 1.55. The topological polar surface area (TPSA) is 87.3 Å². The molecule has 98 valence electrons. The molecule has 0 aliphatic carbocycles. The number of methoxy groups -OCH3 is 1. The van der Waals surface area contributed by atoms with Crippen molar-refractivity contribution in [3.05, 3.63) is 51.4 Å². The average molecular weight is 259 g/mol. The van der Waals surface area contributed by atoms with Crippen molar-refractivity contribution in [2.45, 2.75) is 6.92 Å². The number of nitrogens with one attached hydrogen (secondary N) is 2. The monoisotopic (exact) mass is 259 g/mol. The number of carbonyl (C=O) groups is 1. The SMILES string of the molecule is COC(=O)c1ccccc1N=Cc1c(C)[nH][nH]c1=O. The Morgan fingerprint density at radius 1 is 1.32 bits per heavy atom. The van der Waals surface area contributed by atoms with E-state index in [-0.39, 0.29) is 5.56 Å². The summed E-state index contributed by atoms with van der Waals surface area (Å²) in [5, 5.41) is 5.16. The van der Waals surface area contributed by atoms with E-state index >= 15 is 0 Å². The van der Waals surface area contributed by atoms with Gasteiger partial charge in [0.1, 0.15) is 0 Å². The van der Waals surface area contributed by atoms with Crippen LogP contribution in [0.5, 0.6) is 0 Å². The summed E-state index contributed by atoms with van der Waals surface area (Å²) in [6.07, 6.45) is 1.42. The molecule has 0 atom stereocenters. The smallest absolute Gasteiger partial charge is 0.340 e. The number of aryl methyl sites for hydroxylation is 1. The normalized spacial score (nSPS) is 10.8. The molecule has 6 heteroatoms. The van der Waals surface area contributed by atoms with Crippen molar-refractivity contribution in [3.8, 4) is 0 Å². The summed E-state index contributed by atoms with van der Waals surface area (Å²) in [6, 6.07) is 6.78. The van der Waals surface area contributed by atoms with Gasteiger partial charge in [-0.05, 0) is 19.1 Å². The first-order valence-corrected chi connectivity index (χ1v) is 5.62. The maximum Gasteiger partial charge on any atom is 0.340 e. The third-order valence-corrected chi connectivity index (χ3v) is 2.65. The highest BCUT2D eigenvalue weighted by Gasteiger charge is 2.10. The second-order valence-electron chi connectivity index (χ2n) is 3.88. The summed E-state index contributed by atoms with van der Waals surface area (Å²) in [7, 11) is 1.31. The molecule has 0 bridgehead atoms. The van der Waals surface area contributed by atoms with E-state index in [0.29, 0.717) is 22.5 Å². The van der Waals surface area contributed by atoms with Crippen LogP contribution < -0.4 is 5.56 Å². The highest BCUT2D eigenvalue weighted by Crippen LogP contribution is 2.19. The van der Waals surface area contributed by atoms with Crippen LogP contribution >= 0.6 is 0 Å². The zero-order chi connectivity index (χ0) is 13.8. The molecule has 19 heavy (non-hydrogen) atoms. The van der Waals surface area contributed by atoms with E-state index < -0.39 is 5.97 Å². The lowest BCUT2D eigenvalue weighted by molar-refractivity contribution is 0.0601. The third-order valence-electron chi connectivity index (χ3n) is 2.65. The summed E-state index contributed by atoms with van der Waals surface area (Å²) in [6.45, 7) is 1.76. The standard InChI is InChI=1S/C13H13N3O3/c1-8-10(12(17)16-15-8)7-14-11-6-4-3-5-9(11)13(18)19-2/h3-7H,1-2H3,(H2,15,16,17). The summed E-state index contributed by atoms with van der Waals surface area (Å²) in [5.41, 5.74) is 1.67. The molecular weight excluding hydrogens is 246 g/mol. The van der Waals surface area contributed by atoms with E-state index in [4.69, 9.17) is 0 Å². The first-order chi connectivity index (χ1) is 9.13. The Bertz CT molecular complexity index is 682. The number of esters is 1. The van der Waals surface area contributed by atoms with E-state index in [1.165, 1.54) is 13.3 Å². The Hall–Kier alpha value is -2.63. The number of para-hydroxylation sites is 1. The van der Waals surface area contributed by atoms with Gasteiger partial charge in [-0.25, -0.2) is 4.79 Å². The van der Waals surface area contributed by atoms with Crippen molar-refractivity contribution >= 4 is 17.9 Å². The summed E-state index contributed by atoms with van der Waals surface area (Å²) in [5.74, 6) is -0.465. The van der Waals surface area contributed by atoms with Crippen molar-refractivity contribution < 1.29 is 9.53 Å². The molecule has 0 fully saturated rings. The van der Waals surface area contributed by atoms with Crippen LogP contribution in [0.4, 0.5) is 5.69 Å². The van der Waals surface area contributed by atoms with Crippen molar-refractivity contribution in [2.24, 2.45) is 4.99 Å². The van der Waals surface area contributed by atoms with Crippen LogP contribution in [0.15, 0.2) is 34.1 Å². The van der Waals surface area contributed by atoms with Gasteiger partial charge in [0.25, 0.3) is 5.56 Å². The molecule has 1 heterocycles. The van der Waals surface area contributed by atoms with Crippen molar-refractivity contribution in [3.63, 3.8) is 0 Å². The molecule has 2 N–H and O–H groups in total. The van der Waals surface area contributed by atoms with Crippen LogP contribution in [0.2, 0.25) is 0 Å². The molecule has 0 unspecified atom stereocenters. The summed E-state index contributed by atoms with van der Waals surface area (Å²) < 4.78 is 4.67. The first kappa shape index (κ1) is 12.8. The number of ether oxygens (including phenoxy) is 1. The number of aliphatic imine (C=N–C) groups is 1. The maximum absolute atomic E-state index is 11.6. The molecule has 0 aliphatic rings. The van der Waals surface area contributed by atoms with Crippen LogP contribution in [0.25, 0.3) is 0 Å². The van der Waals surface area contributed by atoms with Gasteiger partial charge in [-0.15, -0.1) is 0 Å². The van der Waals surface area contributed by atoms with Gasteiger partial charge in [0.2, 0.25) is 0 Å². The number of nitrogens with zero attached hydrogens (tertiary/aromatic N) is 1. The molecule has 1 aromatic heterocycles. The lowest BCUT2D eigenvalue weighted by Crippen LogP contribution is -2.05. The van der Waals surface area contributed by atoms with Crippen LogP contribution in [0, 0.1) is 6.92 Å². The van der Waals surface area contributed by atoms with E-state index in [1.54, 1.807) is 31.2 Å². The fraction of sp³-hybridized carbons (Fsp3) is 0.154. The fourth-order valence-electron chi connectivity index (χ4n) is 1.61. The number of aromatic nitrogens is 2. The van der Waals surface area contributed by atoms with Crippen LogP contribution in [-0.4, -0.2) is 29.5 Å². The lowest BCUT2D eigenvalue weighted by atomic mass is 10.2. The molecule has 2 rings (SSSR count). The van der Waals surface area contributed by atoms with E-state index in [9.17, 15) is 9.59 Å². The van der Waals surface area contributed by atoms with Gasteiger partial charge >= 0.3 is 5.97 Å². The van der Waals surface area contributed by atoms with Crippen molar-refractivity contribution in [2.75, 3.05) is 7.11 Å². The lowest BCUT2D eigenvalue weighted by Gasteiger charge is -2.02. The van der Waals surface area contributed by atoms with Crippen LogP contribution in [-0.2, 0) is 4.74 Å². The largest absolute Gasteiger partial charge is 0.465 e. The molecule has 2 aromatic rings. The number of rotatable bonds is 3. The zero-order valence-corrected chi connectivity index (χ0v) is 10.6. The molecule has 6 nitrogen and oxygen atoms in total. The van der Waals surface area contributed by atoms with Crippen LogP contribution in [0.1, 0.15) is 21.6 Å². The number of hydrogen-bond acceptors (Lipinski definition) is 4. The molecule has 1 aromatic carbocycles. The Labute approximate surface area is 109 Å². The highest BCUT2D eigenvalue weighted by atomic mass is 16.5. The van der Waals surface area contributed by atoms with E-state index in [2.05, 4.69) is 19.9 Å². The molecular formula is C13H13N3O3. The second-order valence-corrected chi connectivity index (χ2v) is 3.88.